The molecule has 0 aliphatic carbocycles. The minimum absolute atomic E-state index is 0.00893. The lowest BCUT2D eigenvalue weighted by atomic mass is 10.1. The van der Waals surface area contributed by atoms with Crippen LogP contribution in [0.2, 0.25) is 0 Å². The molecule has 9 heteroatoms. The molecule has 154 valence electrons. The van der Waals surface area contributed by atoms with Crippen molar-refractivity contribution in [3.63, 3.8) is 0 Å². The van der Waals surface area contributed by atoms with Crippen molar-refractivity contribution in [1.82, 2.24) is 15.5 Å². The Hall–Kier alpha value is -2.81. The predicted molar refractivity (Wildman–Crippen MR) is 105 cm³/mol. The summed E-state index contributed by atoms with van der Waals surface area (Å²) in [7, 11) is 6.57. The van der Waals surface area contributed by atoms with E-state index in [-0.39, 0.29) is 36.7 Å². The molecule has 0 aromatic heterocycles. The van der Waals surface area contributed by atoms with Gasteiger partial charge in [-0.2, -0.15) is 0 Å². The van der Waals surface area contributed by atoms with Crippen LogP contribution in [0.5, 0.6) is 5.75 Å². The highest BCUT2D eigenvalue weighted by Gasteiger charge is 2.28. The zero-order chi connectivity index (χ0) is 20.7. The van der Waals surface area contributed by atoms with Crippen LogP contribution < -0.4 is 20.3 Å². The zero-order valence-electron chi connectivity index (χ0n) is 16.8. The molecule has 3 amide bonds. The van der Waals surface area contributed by atoms with Crippen molar-refractivity contribution in [3.05, 3.63) is 23.8 Å². The molecule has 1 heterocycles. The summed E-state index contributed by atoms with van der Waals surface area (Å²) in [4.78, 5) is 39.5. The molecule has 0 spiro atoms. The van der Waals surface area contributed by atoms with E-state index in [1.807, 2.05) is 11.9 Å². The Balaban J connectivity index is 2.05. The third-order valence-corrected chi connectivity index (χ3v) is 4.67. The first-order valence-corrected chi connectivity index (χ1v) is 9.08. The Labute approximate surface area is 165 Å². The van der Waals surface area contributed by atoms with Crippen molar-refractivity contribution in [2.75, 3.05) is 59.5 Å². The standard InChI is InChI=1S/C19H28N4O5/c1-20-17(24)11-22(2)18(25)10-14-12-28-16-6-5-13(9-15(16)23(14)3)19(26)21-7-8-27-4/h5-6,9,14H,7-8,10-12H2,1-4H3,(H,20,24)(H,21,26)/t14-/m0/s1. The van der Waals surface area contributed by atoms with Crippen molar-refractivity contribution >= 4 is 23.4 Å². The lowest BCUT2D eigenvalue weighted by molar-refractivity contribution is -0.135. The first kappa shape index (κ1) is 21.5. The van der Waals surface area contributed by atoms with Crippen LogP contribution in [0.4, 0.5) is 5.69 Å². The van der Waals surface area contributed by atoms with Gasteiger partial charge in [0.1, 0.15) is 12.4 Å². The summed E-state index contributed by atoms with van der Waals surface area (Å²) in [5.74, 6) is 0.0923. The van der Waals surface area contributed by atoms with Crippen molar-refractivity contribution in [3.8, 4) is 5.75 Å². The smallest absolute Gasteiger partial charge is 0.251 e. The van der Waals surface area contributed by atoms with E-state index in [4.69, 9.17) is 9.47 Å². The molecule has 9 nitrogen and oxygen atoms in total. The van der Waals surface area contributed by atoms with Gasteiger partial charge in [-0.3, -0.25) is 14.4 Å². The second kappa shape index (κ2) is 9.93. The topological polar surface area (TPSA) is 100 Å². The summed E-state index contributed by atoms with van der Waals surface area (Å²) in [5, 5.41) is 5.28. The van der Waals surface area contributed by atoms with Crippen LogP contribution in [-0.2, 0) is 14.3 Å². The average molecular weight is 392 g/mol. The molecular weight excluding hydrogens is 364 g/mol. The molecule has 0 saturated carbocycles. The fraction of sp³-hybridized carbons (Fsp3) is 0.526. The van der Waals surface area contributed by atoms with Crippen molar-refractivity contribution in [1.29, 1.82) is 0 Å². The molecule has 2 rings (SSSR count). The number of hydrogen-bond donors (Lipinski definition) is 2. The number of carbonyl (C=O) groups is 3. The molecule has 1 aromatic rings. The lowest BCUT2D eigenvalue weighted by Gasteiger charge is -2.36. The second-order valence-electron chi connectivity index (χ2n) is 6.63. The molecule has 1 aliphatic heterocycles. The molecule has 0 fully saturated rings. The first-order valence-electron chi connectivity index (χ1n) is 9.08. The normalized spacial score (nSPS) is 15.3. The summed E-state index contributed by atoms with van der Waals surface area (Å²) in [5.41, 5.74) is 1.26. The minimum atomic E-state index is -0.224. The Bertz CT molecular complexity index is 724. The predicted octanol–water partition coefficient (Wildman–Crippen LogP) is -0.145. The molecule has 1 aromatic carbocycles. The number of ether oxygens (including phenoxy) is 2. The number of nitrogens with zero attached hydrogens (tertiary/aromatic N) is 2. The number of fused-ring (bicyclic) bond motifs is 1. The molecule has 28 heavy (non-hydrogen) atoms. The quantitative estimate of drug-likeness (QED) is 0.597. The van der Waals surface area contributed by atoms with Crippen LogP contribution >= 0.6 is 0 Å². The first-order chi connectivity index (χ1) is 13.4. The minimum Gasteiger partial charge on any atom is -0.489 e. The van der Waals surface area contributed by atoms with E-state index in [0.717, 1.165) is 5.69 Å². The van der Waals surface area contributed by atoms with Gasteiger partial charge in [0, 0.05) is 40.4 Å². The van der Waals surface area contributed by atoms with Crippen molar-refractivity contribution in [2.45, 2.75) is 12.5 Å². The highest BCUT2D eigenvalue weighted by molar-refractivity contribution is 5.95. The van der Waals surface area contributed by atoms with E-state index in [2.05, 4.69) is 10.6 Å². The number of anilines is 1. The number of hydrogen-bond acceptors (Lipinski definition) is 6. The van der Waals surface area contributed by atoms with Gasteiger partial charge in [-0.05, 0) is 18.2 Å². The molecular formula is C19H28N4O5. The van der Waals surface area contributed by atoms with Gasteiger partial charge in [0.05, 0.1) is 31.3 Å². The van der Waals surface area contributed by atoms with Gasteiger partial charge in [-0.1, -0.05) is 0 Å². The molecule has 0 unspecified atom stereocenters. The Morgan fingerprint density at radius 1 is 1.36 bits per heavy atom. The summed E-state index contributed by atoms with van der Waals surface area (Å²) >= 11 is 0. The van der Waals surface area contributed by atoms with E-state index >= 15 is 0 Å². The summed E-state index contributed by atoms with van der Waals surface area (Å²) in [6.45, 7) is 1.22. The van der Waals surface area contributed by atoms with Crippen LogP contribution in [-0.4, -0.2) is 83.2 Å². The number of carbonyl (C=O) groups excluding carboxylic acids is 3. The SMILES string of the molecule is CNC(=O)CN(C)C(=O)C[C@H]1COc2ccc(C(=O)NCCOC)cc2N1C. The molecule has 0 bridgehead atoms. The van der Waals surface area contributed by atoms with E-state index in [1.165, 1.54) is 11.9 Å². The maximum Gasteiger partial charge on any atom is 0.251 e. The van der Waals surface area contributed by atoms with E-state index in [9.17, 15) is 14.4 Å². The number of amides is 3. The van der Waals surface area contributed by atoms with Gasteiger partial charge in [0.15, 0.2) is 0 Å². The Kier molecular flexibility index (Phi) is 7.62. The summed E-state index contributed by atoms with van der Waals surface area (Å²) < 4.78 is 10.7. The Morgan fingerprint density at radius 2 is 2.11 bits per heavy atom. The number of nitrogens with one attached hydrogen (secondary N) is 2. The molecule has 0 saturated heterocycles. The third kappa shape index (κ3) is 5.35. The van der Waals surface area contributed by atoms with Gasteiger partial charge in [0.25, 0.3) is 5.91 Å². The number of methoxy groups -OCH3 is 1. The van der Waals surface area contributed by atoms with Crippen molar-refractivity contribution < 1.29 is 23.9 Å². The average Bonchev–Trinajstić information content (AvgIpc) is 2.69. The van der Waals surface area contributed by atoms with Crippen LogP contribution in [0.25, 0.3) is 0 Å². The van der Waals surface area contributed by atoms with Crippen LogP contribution in [0.15, 0.2) is 18.2 Å². The van der Waals surface area contributed by atoms with Crippen LogP contribution in [0.3, 0.4) is 0 Å². The van der Waals surface area contributed by atoms with E-state index in [0.29, 0.717) is 31.1 Å². The van der Waals surface area contributed by atoms with E-state index in [1.54, 1.807) is 32.4 Å². The van der Waals surface area contributed by atoms with E-state index < -0.39 is 0 Å². The maximum atomic E-state index is 12.4. The van der Waals surface area contributed by atoms with Gasteiger partial charge in [-0.25, -0.2) is 0 Å². The fourth-order valence-electron chi connectivity index (χ4n) is 2.86. The largest absolute Gasteiger partial charge is 0.489 e. The number of likely N-dealkylation sites (N-methyl/N-ethyl adjacent to an activating group) is 3. The highest BCUT2D eigenvalue weighted by Crippen LogP contribution is 2.34. The summed E-state index contributed by atoms with van der Waals surface area (Å²) in [6, 6.07) is 5.02. The third-order valence-electron chi connectivity index (χ3n) is 4.67. The van der Waals surface area contributed by atoms with Gasteiger partial charge >= 0.3 is 0 Å². The summed E-state index contributed by atoms with van der Waals surface area (Å²) in [6.07, 6.45) is 0.202. The molecule has 1 aliphatic rings. The van der Waals surface area contributed by atoms with Crippen molar-refractivity contribution in [2.24, 2.45) is 0 Å². The molecule has 1 atom stereocenters. The molecule has 2 N–H and O–H groups in total. The van der Waals surface area contributed by atoms with Gasteiger partial charge < -0.3 is 29.9 Å². The van der Waals surface area contributed by atoms with Crippen LogP contribution in [0, 0.1) is 0 Å². The zero-order valence-corrected chi connectivity index (χ0v) is 16.8. The maximum absolute atomic E-state index is 12.4. The Morgan fingerprint density at radius 3 is 2.79 bits per heavy atom. The molecule has 0 radical (unpaired) electrons. The highest BCUT2D eigenvalue weighted by atomic mass is 16.5. The lowest BCUT2D eigenvalue weighted by Crippen LogP contribution is -2.45. The monoisotopic (exact) mass is 392 g/mol. The van der Waals surface area contributed by atoms with Crippen LogP contribution in [0.1, 0.15) is 16.8 Å². The fourth-order valence-corrected chi connectivity index (χ4v) is 2.86. The van der Waals surface area contributed by atoms with Gasteiger partial charge in [-0.15, -0.1) is 0 Å². The van der Waals surface area contributed by atoms with Gasteiger partial charge in [0.2, 0.25) is 11.8 Å². The number of benzene rings is 1. The second-order valence-corrected chi connectivity index (χ2v) is 6.63. The number of rotatable bonds is 8.